The molecular weight excluding hydrogens is 560 g/mol. The molecule has 0 unspecified atom stereocenters. The van der Waals surface area contributed by atoms with Crippen molar-refractivity contribution >= 4 is 22.8 Å². The van der Waals surface area contributed by atoms with Gasteiger partial charge in [-0.3, -0.25) is 4.79 Å². The maximum atomic E-state index is 13.5. The molecule has 0 aliphatic heterocycles. The highest BCUT2D eigenvalue weighted by atomic mass is 16.6. The highest BCUT2D eigenvalue weighted by Gasteiger charge is 2.23. The molecule has 1 heterocycles. The number of hydrogen-bond acceptors (Lipinski definition) is 4. The zero-order valence-electron chi connectivity index (χ0n) is 27.7. The second kappa shape index (κ2) is 14.4. The Morgan fingerprint density at radius 2 is 1.73 bits per heavy atom. The van der Waals surface area contributed by atoms with Crippen LogP contribution in [0, 0.1) is 19.8 Å². The van der Waals surface area contributed by atoms with E-state index in [-0.39, 0.29) is 11.9 Å². The minimum atomic E-state index is -0.687. The molecule has 6 nitrogen and oxygen atoms in total. The average Bonchev–Trinajstić information content (AvgIpc) is 3.26. The van der Waals surface area contributed by atoms with Gasteiger partial charge in [0.05, 0.1) is 13.2 Å². The number of carbonyl (C=O) groups is 2. The van der Waals surface area contributed by atoms with Crippen LogP contribution in [0.1, 0.15) is 103 Å². The fourth-order valence-corrected chi connectivity index (χ4v) is 6.42. The molecule has 1 amide bonds. The van der Waals surface area contributed by atoms with Gasteiger partial charge in [0, 0.05) is 28.7 Å². The van der Waals surface area contributed by atoms with Gasteiger partial charge in [-0.15, -0.1) is 0 Å². The molecule has 238 valence electrons. The Morgan fingerprint density at radius 3 is 2.40 bits per heavy atom. The van der Waals surface area contributed by atoms with Crippen LogP contribution in [0.4, 0.5) is 0 Å². The molecule has 6 heteroatoms. The van der Waals surface area contributed by atoms with E-state index in [2.05, 4.69) is 66.2 Å². The number of methoxy groups -OCH3 is 1. The standard InChI is InChI=1S/C39H48N2O4/c1-7-8-10-29-13-15-32(16-14-29)26(3)40-38(42)33-17-18-35-36(27(4)41(37(35)23-33)24-30-11-9-12-30)22-31-19-25(2)20-34(21-31)45-28(5)39(43)44-6/h13-21,23,26,28,30H,7-12,22,24H2,1-6H3,(H,40,42)/t26-,28+/m0/s1. The third-order valence-corrected chi connectivity index (χ3v) is 9.37. The minimum Gasteiger partial charge on any atom is -0.479 e. The lowest BCUT2D eigenvalue weighted by Crippen LogP contribution is -2.26. The maximum absolute atomic E-state index is 13.5. The molecule has 45 heavy (non-hydrogen) atoms. The molecule has 1 saturated carbocycles. The molecule has 5 rings (SSSR count). The van der Waals surface area contributed by atoms with Crippen LogP contribution in [0.2, 0.25) is 0 Å². The van der Waals surface area contributed by atoms with Crippen LogP contribution >= 0.6 is 0 Å². The first-order valence-corrected chi connectivity index (χ1v) is 16.5. The molecule has 0 spiro atoms. The monoisotopic (exact) mass is 608 g/mol. The van der Waals surface area contributed by atoms with Gasteiger partial charge in [-0.25, -0.2) is 4.79 Å². The van der Waals surface area contributed by atoms with Crippen molar-refractivity contribution in [2.45, 2.75) is 98.3 Å². The SMILES string of the molecule is CCCCc1ccc([C@H](C)NC(=O)c2ccc3c(Cc4cc(C)cc(O[C@H](C)C(=O)OC)c4)c(C)n(CC4CCC4)c3c2)cc1. The summed E-state index contributed by atoms with van der Waals surface area (Å²) in [6.07, 6.45) is 7.29. The van der Waals surface area contributed by atoms with E-state index < -0.39 is 12.1 Å². The first-order valence-electron chi connectivity index (χ1n) is 16.5. The smallest absolute Gasteiger partial charge is 0.346 e. The van der Waals surface area contributed by atoms with Crippen LogP contribution in [0.25, 0.3) is 10.9 Å². The Balaban J connectivity index is 1.41. The first kappa shape index (κ1) is 32.3. The Labute approximate surface area is 268 Å². The lowest BCUT2D eigenvalue weighted by Gasteiger charge is -2.27. The van der Waals surface area contributed by atoms with Crippen LogP contribution in [0.3, 0.4) is 0 Å². The number of unbranched alkanes of at least 4 members (excludes halogenated alkanes) is 1. The number of aryl methyl sites for hydroxylation is 2. The van der Waals surface area contributed by atoms with E-state index in [9.17, 15) is 9.59 Å². The van der Waals surface area contributed by atoms with Crippen LogP contribution in [0.15, 0.2) is 60.7 Å². The summed E-state index contributed by atoms with van der Waals surface area (Å²) in [5.74, 6) is 0.865. The Morgan fingerprint density at radius 1 is 0.978 bits per heavy atom. The Bertz CT molecular complexity index is 1650. The van der Waals surface area contributed by atoms with Gasteiger partial charge >= 0.3 is 5.97 Å². The van der Waals surface area contributed by atoms with E-state index in [0.29, 0.717) is 17.2 Å². The number of esters is 1. The second-order valence-electron chi connectivity index (χ2n) is 12.9. The minimum absolute atomic E-state index is 0.0599. The number of carbonyl (C=O) groups excluding carboxylic acids is 2. The zero-order valence-corrected chi connectivity index (χ0v) is 27.7. The molecule has 1 aliphatic rings. The maximum Gasteiger partial charge on any atom is 0.346 e. The molecule has 0 bridgehead atoms. The highest BCUT2D eigenvalue weighted by Crippen LogP contribution is 2.35. The fraction of sp³-hybridized carbons (Fsp3) is 0.436. The van der Waals surface area contributed by atoms with E-state index in [4.69, 9.17) is 9.47 Å². The molecule has 0 radical (unpaired) electrons. The predicted octanol–water partition coefficient (Wildman–Crippen LogP) is 8.42. The molecule has 0 saturated heterocycles. The number of benzene rings is 3. The Kier molecular flexibility index (Phi) is 10.3. The van der Waals surface area contributed by atoms with Crippen molar-refractivity contribution in [3.05, 3.63) is 99.7 Å². The molecule has 1 aromatic heterocycles. The second-order valence-corrected chi connectivity index (χ2v) is 12.9. The normalized spacial score (nSPS) is 14.5. The fourth-order valence-electron chi connectivity index (χ4n) is 6.42. The lowest BCUT2D eigenvalue weighted by molar-refractivity contribution is -0.147. The molecule has 4 aromatic rings. The van der Waals surface area contributed by atoms with Gasteiger partial charge in [-0.05, 0) is 118 Å². The van der Waals surface area contributed by atoms with Crippen molar-refractivity contribution in [2.24, 2.45) is 5.92 Å². The summed E-state index contributed by atoms with van der Waals surface area (Å²) in [6, 6.07) is 20.8. The van der Waals surface area contributed by atoms with Gasteiger partial charge in [0.15, 0.2) is 6.10 Å². The van der Waals surface area contributed by atoms with Gasteiger partial charge in [0.1, 0.15) is 5.75 Å². The molecule has 1 fully saturated rings. The van der Waals surface area contributed by atoms with Crippen molar-refractivity contribution in [1.82, 2.24) is 9.88 Å². The van der Waals surface area contributed by atoms with E-state index in [1.807, 2.05) is 32.0 Å². The van der Waals surface area contributed by atoms with Crippen LogP contribution < -0.4 is 10.1 Å². The van der Waals surface area contributed by atoms with Crippen LogP contribution in [-0.2, 0) is 28.9 Å². The number of rotatable bonds is 13. The number of nitrogens with zero attached hydrogens (tertiary/aromatic N) is 1. The zero-order chi connectivity index (χ0) is 32.1. The summed E-state index contributed by atoms with van der Waals surface area (Å²) >= 11 is 0. The molecule has 1 N–H and O–H groups in total. The van der Waals surface area contributed by atoms with E-state index in [1.165, 1.54) is 61.4 Å². The van der Waals surface area contributed by atoms with Crippen molar-refractivity contribution in [3.63, 3.8) is 0 Å². The number of fused-ring (bicyclic) bond motifs is 1. The van der Waals surface area contributed by atoms with Crippen molar-refractivity contribution in [2.75, 3.05) is 7.11 Å². The third kappa shape index (κ3) is 7.61. The average molecular weight is 609 g/mol. The van der Waals surface area contributed by atoms with E-state index in [1.54, 1.807) is 6.92 Å². The molecular formula is C39H48N2O4. The van der Waals surface area contributed by atoms with Gasteiger partial charge < -0.3 is 19.4 Å². The lowest BCUT2D eigenvalue weighted by atomic mass is 9.85. The summed E-state index contributed by atoms with van der Waals surface area (Å²) in [5, 5.41) is 4.40. The topological polar surface area (TPSA) is 69.6 Å². The summed E-state index contributed by atoms with van der Waals surface area (Å²) < 4.78 is 13.2. The van der Waals surface area contributed by atoms with Gasteiger partial charge in [-0.2, -0.15) is 0 Å². The van der Waals surface area contributed by atoms with Crippen molar-refractivity contribution in [1.29, 1.82) is 0 Å². The number of amides is 1. The number of ether oxygens (including phenoxy) is 2. The van der Waals surface area contributed by atoms with Crippen LogP contribution in [-0.4, -0.2) is 29.7 Å². The van der Waals surface area contributed by atoms with Crippen molar-refractivity contribution in [3.8, 4) is 5.75 Å². The first-order chi connectivity index (χ1) is 21.7. The van der Waals surface area contributed by atoms with E-state index in [0.717, 1.165) is 41.6 Å². The summed E-state index contributed by atoms with van der Waals surface area (Å²) in [7, 11) is 1.37. The van der Waals surface area contributed by atoms with E-state index >= 15 is 0 Å². The molecule has 3 aromatic carbocycles. The van der Waals surface area contributed by atoms with Gasteiger partial charge in [0.2, 0.25) is 0 Å². The summed E-state index contributed by atoms with van der Waals surface area (Å²) in [6.45, 7) is 11.2. The quantitative estimate of drug-likeness (QED) is 0.155. The van der Waals surface area contributed by atoms with Gasteiger partial charge in [0.25, 0.3) is 5.91 Å². The number of aromatic nitrogens is 1. The van der Waals surface area contributed by atoms with Crippen molar-refractivity contribution < 1.29 is 19.1 Å². The summed E-state index contributed by atoms with van der Waals surface area (Å²) in [5.41, 5.74) is 8.91. The summed E-state index contributed by atoms with van der Waals surface area (Å²) in [4.78, 5) is 25.5. The molecule has 2 atom stereocenters. The highest BCUT2D eigenvalue weighted by molar-refractivity contribution is 5.99. The number of hydrogen-bond donors (Lipinski definition) is 1. The largest absolute Gasteiger partial charge is 0.479 e. The van der Waals surface area contributed by atoms with Gasteiger partial charge in [-0.1, -0.05) is 56.2 Å². The Hall–Kier alpha value is -4.06. The predicted molar refractivity (Wildman–Crippen MR) is 181 cm³/mol. The molecule has 1 aliphatic carbocycles. The number of nitrogens with one attached hydrogen (secondary N) is 1. The van der Waals surface area contributed by atoms with Crippen LogP contribution in [0.5, 0.6) is 5.75 Å². The third-order valence-electron chi connectivity index (χ3n) is 9.37.